The van der Waals surface area contributed by atoms with Gasteiger partial charge in [0.2, 0.25) is 0 Å². The summed E-state index contributed by atoms with van der Waals surface area (Å²) in [6.07, 6.45) is 3.90. The van der Waals surface area contributed by atoms with Gasteiger partial charge in [0.05, 0.1) is 17.4 Å². The summed E-state index contributed by atoms with van der Waals surface area (Å²) >= 11 is 0. The average Bonchev–Trinajstić information content (AvgIpc) is 2.41. The predicted molar refractivity (Wildman–Crippen MR) is 76.7 cm³/mol. The first kappa shape index (κ1) is 13.6. The van der Waals surface area contributed by atoms with E-state index in [2.05, 4.69) is 35.2 Å². The molecule has 2 rings (SSSR count). The molecule has 1 aliphatic heterocycles. The van der Waals surface area contributed by atoms with E-state index in [0.717, 1.165) is 32.5 Å². The van der Waals surface area contributed by atoms with E-state index in [1.54, 1.807) is 12.3 Å². The van der Waals surface area contributed by atoms with Gasteiger partial charge in [0.1, 0.15) is 11.9 Å². The van der Waals surface area contributed by atoms with E-state index in [-0.39, 0.29) is 5.41 Å². The van der Waals surface area contributed by atoms with Crippen molar-refractivity contribution < 1.29 is 0 Å². The van der Waals surface area contributed by atoms with Crippen molar-refractivity contribution in [2.75, 3.05) is 37.7 Å². The Bertz CT molecular complexity index is 483. The topological polar surface area (TPSA) is 78.0 Å². The van der Waals surface area contributed by atoms with Crippen LogP contribution in [0.1, 0.15) is 25.3 Å². The molecule has 0 amide bonds. The highest BCUT2D eigenvalue weighted by atomic mass is 15.1. The third-order valence-electron chi connectivity index (χ3n) is 3.91. The van der Waals surface area contributed by atoms with Gasteiger partial charge in [0.15, 0.2) is 0 Å². The molecule has 0 unspecified atom stereocenters. The Labute approximate surface area is 114 Å². The van der Waals surface area contributed by atoms with Crippen LogP contribution in [0.4, 0.5) is 11.5 Å². The van der Waals surface area contributed by atoms with Crippen LogP contribution < -0.4 is 11.1 Å². The van der Waals surface area contributed by atoms with E-state index < -0.39 is 0 Å². The SMILES string of the molecule is CN1CCC(C)(CNc2ncc(N)cc2C#N)CC1. The molecule has 102 valence electrons. The molecule has 5 heteroatoms. The van der Waals surface area contributed by atoms with E-state index in [9.17, 15) is 0 Å². The Kier molecular flexibility index (Phi) is 3.91. The summed E-state index contributed by atoms with van der Waals surface area (Å²) in [6, 6.07) is 3.79. The first-order valence-corrected chi connectivity index (χ1v) is 6.60. The Hall–Kier alpha value is -1.80. The van der Waals surface area contributed by atoms with Gasteiger partial charge < -0.3 is 16.0 Å². The van der Waals surface area contributed by atoms with Gasteiger partial charge in [-0.3, -0.25) is 0 Å². The van der Waals surface area contributed by atoms with Crippen molar-refractivity contribution >= 4 is 11.5 Å². The number of nitrogens with zero attached hydrogens (tertiary/aromatic N) is 3. The lowest BCUT2D eigenvalue weighted by atomic mass is 9.80. The number of hydrogen-bond donors (Lipinski definition) is 2. The lowest BCUT2D eigenvalue weighted by Crippen LogP contribution is -2.40. The molecule has 1 saturated heterocycles. The fourth-order valence-electron chi connectivity index (χ4n) is 2.34. The number of anilines is 2. The lowest BCUT2D eigenvalue weighted by Gasteiger charge is -2.38. The summed E-state index contributed by atoms with van der Waals surface area (Å²) in [6.45, 7) is 5.37. The van der Waals surface area contributed by atoms with Gasteiger partial charge in [-0.25, -0.2) is 4.98 Å². The van der Waals surface area contributed by atoms with Crippen molar-refractivity contribution in [1.29, 1.82) is 5.26 Å². The summed E-state index contributed by atoms with van der Waals surface area (Å²) < 4.78 is 0. The van der Waals surface area contributed by atoms with Crippen LogP contribution in [0.2, 0.25) is 0 Å². The van der Waals surface area contributed by atoms with Crippen LogP contribution in [0.3, 0.4) is 0 Å². The zero-order valence-electron chi connectivity index (χ0n) is 11.6. The number of aromatic nitrogens is 1. The first-order valence-electron chi connectivity index (χ1n) is 6.60. The monoisotopic (exact) mass is 259 g/mol. The first-order chi connectivity index (χ1) is 9.02. The van der Waals surface area contributed by atoms with E-state index in [0.29, 0.717) is 17.1 Å². The molecule has 3 N–H and O–H groups in total. The number of hydrogen-bond acceptors (Lipinski definition) is 5. The van der Waals surface area contributed by atoms with Crippen molar-refractivity contribution in [3.63, 3.8) is 0 Å². The van der Waals surface area contributed by atoms with E-state index >= 15 is 0 Å². The molecule has 0 bridgehead atoms. The Balaban J connectivity index is 2.01. The molecule has 0 atom stereocenters. The molecule has 0 spiro atoms. The van der Waals surface area contributed by atoms with Crippen LogP contribution in [-0.2, 0) is 0 Å². The summed E-state index contributed by atoms with van der Waals surface area (Å²) in [7, 11) is 2.16. The number of nitrogens with two attached hydrogens (primary N) is 1. The number of piperidine rings is 1. The van der Waals surface area contributed by atoms with Gasteiger partial charge in [-0.15, -0.1) is 0 Å². The zero-order valence-corrected chi connectivity index (χ0v) is 11.6. The average molecular weight is 259 g/mol. The molecule has 0 radical (unpaired) electrons. The second-order valence-corrected chi connectivity index (χ2v) is 5.74. The van der Waals surface area contributed by atoms with Crippen LogP contribution in [0.15, 0.2) is 12.3 Å². The standard InChI is InChI=1S/C14H21N5/c1-14(3-5-19(2)6-4-14)10-18-13-11(8-15)7-12(16)9-17-13/h7,9H,3-6,10,16H2,1-2H3,(H,17,18). The lowest BCUT2D eigenvalue weighted by molar-refractivity contribution is 0.150. The summed E-state index contributed by atoms with van der Waals surface area (Å²) in [5.74, 6) is 0.636. The quantitative estimate of drug-likeness (QED) is 0.863. The number of rotatable bonds is 3. The fraction of sp³-hybridized carbons (Fsp3) is 0.571. The van der Waals surface area contributed by atoms with Gasteiger partial charge in [-0.05, 0) is 44.5 Å². The number of likely N-dealkylation sites (tertiary alicyclic amines) is 1. The van der Waals surface area contributed by atoms with Crippen LogP contribution in [0.25, 0.3) is 0 Å². The summed E-state index contributed by atoms with van der Waals surface area (Å²) in [4.78, 5) is 6.56. The molecule has 1 fully saturated rings. The maximum absolute atomic E-state index is 9.09. The maximum Gasteiger partial charge on any atom is 0.144 e. The fourth-order valence-corrected chi connectivity index (χ4v) is 2.34. The van der Waals surface area contributed by atoms with Crippen molar-refractivity contribution in [2.24, 2.45) is 5.41 Å². The molecule has 1 aromatic rings. The zero-order chi connectivity index (χ0) is 13.9. The van der Waals surface area contributed by atoms with Crippen LogP contribution in [0, 0.1) is 16.7 Å². The molecule has 0 saturated carbocycles. The molecule has 5 nitrogen and oxygen atoms in total. The molecule has 1 aromatic heterocycles. The van der Waals surface area contributed by atoms with Gasteiger partial charge in [0, 0.05) is 6.54 Å². The molecule has 2 heterocycles. The van der Waals surface area contributed by atoms with E-state index in [4.69, 9.17) is 11.0 Å². The van der Waals surface area contributed by atoms with Gasteiger partial charge in [-0.1, -0.05) is 6.92 Å². The molecule has 1 aliphatic rings. The third-order valence-corrected chi connectivity index (χ3v) is 3.91. The molecule has 19 heavy (non-hydrogen) atoms. The molecule has 0 aliphatic carbocycles. The highest BCUT2D eigenvalue weighted by Crippen LogP contribution is 2.30. The second-order valence-electron chi connectivity index (χ2n) is 5.74. The number of nitrogen functional groups attached to an aromatic ring is 1. The van der Waals surface area contributed by atoms with Gasteiger partial charge in [0.25, 0.3) is 0 Å². The van der Waals surface area contributed by atoms with Crippen molar-refractivity contribution in [3.05, 3.63) is 17.8 Å². The molecule has 0 aromatic carbocycles. The minimum atomic E-state index is 0.266. The smallest absolute Gasteiger partial charge is 0.144 e. The third kappa shape index (κ3) is 3.36. The van der Waals surface area contributed by atoms with Crippen LogP contribution in [0.5, 0.6) is 0 Å². The predicted octanol–water partition coefficient (Wildman–Crippen LogP) is 1.68. The molecular formula is C14H21N5. The highest BCUT2D eigenvalue weighted by molar-refractivity contribution is 5.57. The number of nitrogens with one attached hydrogen (secondary N) is 1. The Morgan fingerprint density at radius 3 is 2.84 bits per heavy atom. The minimum Gasteiger partial charge on any atom is -0.397 e. The molecular weight excluding hydrogens is 238 g/mol. The van der Waals surface area contributed by atoms with Crippen molar-refractivity contribution in [3.8, 4) is 6.07 Å². The van der Waals surface area contributed by atoms with Crippen LogP contribution >= 0.6 is 0 Å². The van der Waals surface area contributed by atoms with Gasteiger partial charge >= 0.3 is 0 Å². The van der Waals surface area contributed by atoms with Gasteiger partial charge in [-0.2, -0.15) is 5.26 Å². The van der Waals surface area contributed by atoms with Crippen molar-refractivity contribution in [2.45, 2.75) is 19.8 Å². The Morgan fingerprint density at radius 2 is 2.21 bits per heavy atom. The number of pyridine rings is 1. The van der Waals surface area contributed by atoms with E-state index in [1.807, 2.05) is 0 Å². The largest absolute Gasteiger partial charge is 0.397 e. The van der Waals surface area contributed by atoms with E-state index in [1.165, 1.54) is 0 Å². The highest BCUT2D eigenvalue weighted by Gasteiger charge is 2.28. The minimum absolute atomic E-state index is 0.266. The normalized spacial score (nSPS) is 18.8. The second kappa shape index (κ2) is 5.45. The van der Waals surface area contributed by atoms with Crippen molar-refractivity contribution in [1.82, 2.24) is 9.88 Å². The maximum atomic E-state index is 9.09. The Morgan fingerprint density at radius 1 is 1.53 bits per heavy atom. The number of nitriles is 1. The summed E-state index contributed by atoms with van der Waals surface area (Å²) in [5, 5.41) is 12.4. The van der Waals surface area contributed by atoms with Crippen LogP contribution in [-0.4, -0.2) is 36.6 Å². The summed E-state index contributed by atoms with van der Waals surface area (Å²) in [5.41, 5.74) is 6.93.